The van der Waals surface area contributed by atoms with E-state index < -0.39 is 0 Å². The molecule has 6 nitrogen and oxygen atoms in total. The average Bonchev–Trinajstić information content (AvgIpc) is 3.31. The van der Waals surface area contributed by atoms with Gasteiger partial charge in [0.1, 0.15) is 11.6 Å². The maximum Gasteiger partial charge on any atom is 0.255 e. The Kier molecular flexibility index (Phi) is 6.62. The maximum atomic E-state index is 13.3. The summed E-state index contributed by atoms with van der Waals surface area (Å²) in [5, 5.41) is 9.98. The van der Waals surface area contributed by atoms with Crippen molar-refractivity contribution in [1.82, 2.24) is 20.4 Å². The van der Waals surface area contributed by atoms with Crippen molar-refractivity contribution in [3.8, 4) is 17.0 Å². The molecule has 1 aliphatic heterocycles. The summed E-state index contributed by atoms with van der Waals surface area (Å²) in [7, 11) is 1.65. The number of aromatic nitrogens is 2. The van der Waals surface area contributed by atoms with E-state index in [1.807, 2.05) is 12.1 Å². The Balaban J connectivity index is 1.51. The highest BCUT2D eigenvalue weighted by atomic mass is 19.1. The number of aromatic amines is 1. The minimum Gasteiger partial charge on any atom is -0.497 e. The van der Waals surface area contributed by atoms with E-state index in [1.54, 1.807) is 19.2 Å². The number of hydrogen-bond donors (Lipinski definition) is 2. The molecule has 2 aromatic carbocycles. The van der Waals surface area contributed by atoms with E-state index in [-0.39, 0.29) is 17.8 Å². The summed E-state index contributed by atoms with van der Waals surface area (Å²) in [6.45, 7) is 2.51. The highest BCUT2D eigenvalue weighted by molar-refractivity contribution is 5.99. The molecule has 7 heteroatoms. The third-order valence-electron chi connectivity index (χ3n) is 5.80. The normalized spacial score (nSPS) is 15.4. The first-order valence-corrected chi connectivity index (χ1v) is 10.6. The first-order valence-electron chi connectivity index (χ1n) is 10.6. The molecule has 1 amide bonds. The number of nitrogens with one attached hydrogen (secondary N) is 2. The van der Waals surface area contributed by atoms with Crippen molar-refractivity contribution in [2.45, 2.75) is 25.3 Å². The third kappa shape index (κ3) is 4.94. The summed E-state index contributed by atoms with van der Waals surface area (Å²) < 4.78 is 18.6. The van der Waals surface area contributed by atoms with Crippen LogP contribution in [0.1, 0.15) is 41.2 Å². The quantitative estimate of drug-likeness (QED) is 0.599. The molecule has 1 unspecified atom stereocenters. The number of rotatable bonds is 7. The van der Waals surface area contributed by atoms with Crippen molar-refractivity contribution < 1.29 is 13.9 Å². The van der Waals surface area contributed by atoms with Gasteiger partial charge >= 0.3 is 0 Å². The first kappa shape index (κ1) is 21.1. The summed E-state index contributed by atoms with van der Waals surface area (Å²) in [4.78, 5) is 15.4. The van der Waals surface area contributed by atoms with Crippen LogP contribution in [0.5, 0.6) is 5.75 Å². The summed E-state index contributed by atoms with van der Waals surface area (Å²) in [5.74, 6) is 0.286. The van der Waals surface area contributed by atoms with Crippen LogP contribution >= 0.6 is 0 Å². The smallest absolute Gasteiger partial charge is 0.255 e. The maximum absolute atomic E-state index is 13.3. The zero-order valence-electron chi connectivity index (χ0n) is 17.6. The molecule has 0 spiro atoms. The molecule has 2 N–H and O–H groups in total. The van der Waals surface area contributed by atoms with Gasteiger partial charge in [-0.1, -0.05) is 18.6 Å². The minimum atomic E-state index is -0.321. The Hall–Kier alpha value is -3.19. The predicted octanol–water partition coefficient (Wildman–Crippen LogP) is 4.18. The standard InChI is InChI=1S/C24H27FN4O2/c1-31-20-11-7-17(8-12-20)22(29-13-3-2-4-14-29)16-26-24(30)21-15-27-28-23(21)18-5-9-19(25)10-6-18/h5-12,15,22H,2-4,13-14,16H2,1H3,(H,26,30)(H,27,28). The van der Waals surface area contributed by atoms with Crippen molar-refractivity contribution in [1.29, 1.82) is 0 Å². The monoisotopic (exact) mass is 422 g/mol. The van der Waals surface area contributed by atoms with Crippen molar-refractivity contribution >= 4 is 5.91 Å². The number of halogens is 1. The van der Waals surface area contributed by atoms with Crippen LogP contribution in [0.2, 0.25) is 0 Å². The molecule has 1 aliphatic rings. The van der Waals surface area contributed by atoms with Gasteiger partial charge in [-0.25, -0.2) is 4.39 Å². The molecule has 162 valence electrons. The summed E-state index contributed by atoms with van der Waals surface area (Å²) in [5.41, 5.74) is 2.89. The molecule has 4 rings (SSSR count). The molecular weight excluding hydrogens is 395 g/mol. The predicted molar refractivity (Wildman–Crippen MR) is 117 cm³/mol. The lowest BCUT2D eigenvalue weighted by Gasteiger charge is -2.35. The van der Waals surface area contributed by atoms with E-state index in [9.17, 15) is 9.18 Å². The number of ether oxygens (including phenoxy) is 1. The van der Waals surface area contributed by atoms with Gasteiger partial charge in [0.25, 0.3) is 5.91 Å². The van der Waals surface area contributed by atoms with Crippen LogP contribution in [0, 0.1) is 5.82 Å². The Morgan fingerprint density at radius 3 is 2.52 bits per heavy atom. The fourth-order valence-electron chi connectivity index (χ4n) is 4.09. The molecular formula is C24H27FN4O2. The fraction of sp³-hybridized carbons (Fsp3) is 0.333. The van der Waals surface area contributed by atoms with Gasteiger partial charge in [-0.15, -0.1) is 0 Å². The van der Waals surface area contributed by atoms with Crippen LogP contribution in [0.4, 0.5) is 4.39 Å². The van der Waals surface area contributed by atoms with Gasteiger partial charge in [-0.3, -0.25) is 14.8 Å². The van der Waals surface area contributed by atoms with Gasteiger partial charge in [0.2, 0.25) is 0 Å². The third-order valence-corrected chi connectivity index (χ3v) is 5.80. The van der Waals surface area contributed by atoms with E-state index in [0.29, 0.717) is 23.4 Å². The number of carbonyl (C=O) groups excluding carboxylic acids is 1. The van der Waals surface area contributed by atoms with Gasteiger partial charge in [0.15, 0.2) is 0 Å². The van der Waals surface area contributed by atoms with Crippen LogP contribution in [-0.4, -0.2) is 47.7 Å². The van der Waals surface area contributed by atoms with E-state index in [2.05, 4.69) is 32.5 Å². The molecule has 31 heavy (non-hydrogen) atoms. The first-order chi connectivity index (χ1) is 15.2. The summed E-state index contributed by atoms with van der Waals surface area (Å²) in [6, 6.07) is 14.1. The molecule has 0 aliphatic carbocycles. The highest BCUT2D eigenvalue weighted by Gasteiger charge is 2.24. The Bertz CT molecular complexity index is 995. The molecule has 0 saturated carbocycles. The average molecular weight is 423 g/mol. The Morgan fingerprint density at radius 2 is 1.84 bits per heavy atom. The van der Waals surface area contributed by atoms with Gasteiger partial charge in [-0.05, 0) is 67.9 Å². The highest BCUT2D eigenvalue weighted by Crippen LogP contribution is 2.26. The number of H-pyrrole nitrogens is 1. The minimum absolute atomic E-state index is 0.0799. The molecule has 1 atom stereocenters. The van der Waals surface area contributed by atoms with Crippen LogP contribution in [0.15, 0.2) is 54.7 Å². The van der Waals surface area contributed by atoms with Crippen molar-refractivity contribution in [2.24, 2.45) is 0 Å². The zero-order valence-corrected chi connectivity index (χ0v) is 17.6. The lowest BCUT2D eigenvalue weighted by Crippen LogP contribution is -2.40. The Labute approximate surface area is 181 Å². The largest absolute Gasteiger partial charge is 0.497 e. The SMILES string of the molecule is COc1ccc(C(CNC(=O)c2cn[nH]c2-c2ccc(F)cc2)N2CCCCC2)cc1. The summed E-state index contributed by atoms with van der Waals surface area (Å²) in [6.07, 6.45) is 5.08. The number of nitrogens with zero attached hydrogens (tertiary/aromatic N) is 2. The van der Waals surface area contributed by atoms with Crippen LogP contribution in [0.25, 0.3) is 11.3 Å². The number of hydrogen-bond acceptors (Lipinski definition) is 4. The molecule has 1 aromatic heterocycles. The van der Waals surface area contributed by atoms with Crippen molar-refractivity contribution in [3.63, 3.8) is 0 Å². The van der Waals surface area contributed by atoms with Crippen molar-refractivity contribution in [2.75, 3.05) is 26.7 Å². The number of piperidine rings is 1. The van der Waals surface area contributed by atoms with Crippen LogP contribution < -0.4 is 10.1 Å². The number of benzene rings is 2. The second-order valence-electron chi connectivity index (χ2n) is 7.76. The Morgan fingerprint density at radius 1 is 1.13 bits per heavy atom. The van der Waals surface area contributed by atoms with Gasteiger partial charge in [-0.2, -0.15) is 5.10 Å². The number of likely N-dealkylation sites (tertiary alicyclic amines) is 1. The van der Waals surface area contributed by atoms with E-state index in [1.165, 1.54) is 24.8 Å². The zero-order chi connectivity index (χ0) is 21.6. The molecule has 1 saturated heterocycles. The van der Waals surface area contributed by atoms with Gasteiger partial charge < -0.3 is 10.1 Å². The number of methoxy groups -OCH3 is 1. The second-order valence-corrected chi connectivity index (χ2v) is 7.76. The second kappa shape index (κ2) is 9.75. The van der Waals surface area contributed by atoms with Gasteiger partial charge in [0.05, 0.1) is 30.6 Å². The lowest BCUT2D eigenvalue weighted by molar-refractivity contribution is 0.0925. The molecule has 1 fully saturated rings. The van der Waals surface area contributed by atoms with Crippen LogP contribution in [-0.2, 0) is 0 Å². The lowest BCUT2D eigenvalue weighted by atomic mass is 10.0. The van der Waals surface area contributed by atoms with Crippen LogP contribution in [0.3, 0.4) is 0 Å². The fourth-order valence-corrected chi connectivity index (χ4v) is 4.09. The van der Waals surface area contributed by atoms with E-state index in [0.717, 1.165) is 37.2 Å². The number of carbonyl (C=O) groups is 1. The molecule has 3 aromatic rings. The molecule has 0 radical (unpaired) electrons. The van der Waals surface area contributed by atoms with E-state index in [4.69, 9.17) is 4.74 Å². The summed E-state index contributed by atoms with van der Waals surface area (Å²) >= 11 is 0. The molecule has 2 heterocycles. The topological polar surface area (TPSA) is 70.2 Å². The molecule has 0 bridgehead atoms. The van der Waals surface area contributed by atoms with Crippen molar-refractivity contribution in [3.05, 3.63) is 71.7 Å². The van der Waals surface area contributed by atoms with E-state index >= 15 is 0 Å². The number of amides is 1. The van der Waals surface area contributed by atoms with Gasteiger partial charge in [0, 0.05) is 12.1 Å².